The summed E-state index contributed by atoms with van der Waals surface area (Å²) in [7, 11) is 0. The summed E-state index contributed by atoms with van der Waals surface area (Å²) >= 11 is 0. The van der Waals surface area contributed by atoms with Crippen LogP contribution < -0.4 is 0 Å². The first-order valence-electron chi connectivity index (χ1n) is 7.37. The van der Waals surface area contributed by atoms with Gasteiger partial charge in [-0.3, -0.25) is 4.98 Å². The SMILES string of the molecule is CC1(C)CC(c2ccn(-c3cnccn3)n2)CC(C)(C)O1. The van der Waals surface area contributed by atoms with Crippen molar-refractivity contribution in [2.45, 2.75) is 57.7 Å². The minimum Gasteiger partial charge on any atom is -0.370 e. The molecule has 21 heavy (non-hydrogen) atoms. The third kappa shape index (κ3) is 3.13. The number of hydrogen-bond donors (Lipinski definition) is 0. The van der Waals surface area contributed by atoms with Crippen molar-refractivity contribution in [2.24, 2.45) is 0 Å². The van der Waals surface area contributed by atoms with Crippen LogP contribution in [0.2, 0.25) is 0 Å². The third-order valence-electron chi connectivity index (χ3n) is 3.84. The molecular weight excluding hydrogens is 264 g/mol. The quantitative estimate of drug-likeness (QED) is 0.851. The lowest BCUT2D eigenvalue weighted by Crippen LogP contribution is -2.44. The Kier molecular flexibility index (Phi) is 3.32. The molecular formula is C16H22N4O. The number of nitrogens with zero attached hydrogens (tertiary/aromatic N) is 4. The molecule has 0 atom stereocenters. The van der Waals surface area contributed by atoms with Crippen LogP contribution in [0, 0.1) is 0 Å². The molecule has 0 saturated carbocycles. The maximum absolute atomic E-state index is 6.15. The summed E-state index contributed by atoms with van der Waals surface area (Å²) in [6, 6.07) is 2.08. The van der Waals surface area contributed by atoms with Gasteiger partial charge in [0, 0.05) is 24.5 Å². The van der Waals surface area contributed by atoms with Crippen LogP contribution in [0.15, 0.2) is 30.9 Å². The smallest absolute Gasteiger partial charge is 0.171 e. The summed E-state index contributed by atoms with van der Waals surface area (Å²) in [5, 5.41) is 4.69. The van der Waals surface area contributed by atoms with Crippen LogP contribution in [0.25, 0.3) is 5.82 Å². The van der Waals surface area contributed by atoms with E-state index in [1.54, 1.807) is 23.3 Å². The fraction of sp³-hybridized carbons (Fsp3) is 0.562. The molecule has 1 aliphatic rings. The summed E-state index contributed by atoms with van der Waals surface area (Å²) in [5.74, 6) is 1.15. The Morgan fingerprint density at radius 3 is 2.48 bits per heavy atom. The molecule has 2 aromatic rings. The molecule has 0 bridgehead atoms. The van der Waals surface area contributed by atoms with Gasteiger partial charge in [0.25, 0.3) is 0 Å². The fourth-order valence-corrected chi connectivity index (χ4v) is 3.39. The predicted molar refractivity (Wildman–Crippen MR) is 80.4 cm³/mol. The molecule has 0 N–H and O–H groups in total. The number of hydrogen-bond acceptors (Lipinski definition) is 4. The lowest BCUT2D eigenvalue weighted by molar-refractivity contribution is -0.162. The summed E-state index contributed by atoms with van der Waals surface area (Å²) in [5.41, 5.74) is 0.857. The van der Waals surface area contributed by atoms with Crippen molar-refractivity contribution in [1.82, 2.24) is 19.7 Å². The predicted octanol–water partition coefficient (Wildman–Crippen LogP) is 3.11. The lowest BCUT2D eigenvalue weighted by Gasteiger charge is -2.45. The van der Waals surface area contributed by atoms with Crippen LogP contribution in [0.1, 0.15) is 52.1 Å². The second kappa shape index (κ2) is 4.91. The van der Waals surface area contributed by atoms with Gasteiger partial charge in [0.05, 0.1) is 23.1 Å². The van der Waals surface area contributed by atoms with E-state index in [0.29, 0.717) is 5.92 Å². The highest BCUT2D eigenvalue weighted by molar-refractivity contribution is 5.19. The van der Waals surface area contributed by atoms with E-state index < -0.39 is 0 Å². The molecule has 0 radical (unpaired) electrons. The monoisotopic (exact) mass is 286 g/mol. The Morgan fingerprint density at radius 1 is 1.14 bits per heavy atom. The first-order chi connectivity index (χ1) is 9.85. The minimum absolute atomic E-state index is 0.122. The molecule has 0 spiro atoms. The maximum Gasteiger partial charge on any atom is 0.171 e. The zero-order valence-corrected chi connectivity index (χ0v) is 13.1. The molecule has 112 valence electrons. The van der Waals surface area contributed by atoms with Crippen LogP contribution in [0.4, 0.5) is 0 Å². The van der Waals surface area contributed by atoms with Gasteiger partial charge < -0.3 is 4.74 Å². The number of aromatic nitrogens is 4. The molecule has 1 aliphatic heterocycles. The van der Waals surface area contributed by atoms with Crippen LogP contribution in [0.3, 0.4) is 0 Å². The summed E-state index contributed by atoms with van der Waals surface area (Å²) in [6.07, 6.45) is 8.97. The molecule has 5 heteroatoms. The van der Waals surface area contributed by atoms with Crippen molar-refractivity contribution >= 4 is 0 Å². The standard InChI is InChI=1S/C16H22N4O/c1-15(2)9-12(10-16(3,4)21-15)13-5-8-20(19-13)14-11-17-6-7-18-14/h5-8,11-12H,9-10H2,1-4H3. The van der Waals surface area contributed by atoms with Crippen molar-refractivity contribution in [3.63, 3.8) is 0 Å². The van der Waals surface area contributed by atoms with E-state index >= 15 is 0 Å². The van der Waals surface area contributed by atoms with E-state index in [1.807, 2.05) is 6.20 Å². The second-order valence-electron chi connectivity index (χ2n) is 6.98. The third-order valence-corrected chi connectivity index (χ3v) is 3.84. The van der Waals surface area contributed by atoms with Crippen LogP contribution in [-0.4, -0.2) is 31.0 Å². The van der Waals surface area contributed by atoms with E-state index in [-0.39, 0.29) is 11.2 Å². The summed E-state index contributed by atoms with van der Waals surface area (Å²) in [6.45, 7) is 8.61. The minimum atomic E-state index is -0.122. The van der Waals surface area contributed by atoms with Gasteiger partial charge in [0.15, 0.2) is 5.82 Å². The summed E-state index contributed by atoms with van der Waals surface area (Å²) < 4.78 is 7.94. The molecule has 0 aliphatic carbocycles. The topological polar surface area (TPSA) is 52.8 Å². The largest absolute Gasteiger partial charge is 0.370 e. The highest BCUT2D eigenvalue weighted by atomic mass is 16.5. The Labute approximate surface area is 125 Å². The molecule has 0 aromatic carbocycles. The lowest BCUT2D eigenvalue weighted by atomic mass is 9.79. The fourth-order valence-electron chi connectivity index (χ4n) is 3.39. The van der Waals surface area contributed by atoms with E-state index in [4.69, 9.17) is 9.84 Å². The molecule has 0 amide bonds. The Bertz CT molecular complexity index is 602. The zero-order chi connectivity index (χ0) is 15.1. The van der Waals surface area contributed by atoms with E-state index in [9.17, 15) is 0 Å². The van der Waals surface area contributed by atoms with E-state index in [2.05, 4.69) is 43.7 Å². The van der Waals surface area contributed by atoms with Crippen LogP contribution in [0.5, 0.6) is 0 Å². The highest BCUT2D eigenvalue weighted by Crippen LogP contribution is 2.42. The van der Waals surface area contributed by atoms with Crippen molar-refractivity contribution < 1.29 is 4.74 Å². The Balaban J connectivity index is 1.86. The zero-order valence-electron chi connectivity index (χ0n) is 13.1. The first-order valence-corrected chi connectivity index (χ1v) is 7.37. The van der Waals surface area contributed by atoms with E-state index in [0.717, 1.165) is 24.4 Å². The molecule has 1 saturated heterocycles. The molecule has 2 aromatic heterocycles. The maximum atomic E-state index is 6.15. The van der Waals surface area contributed by atoms with Crippen LogP contribution in [-0.2, 0) is 4.74 Å². The average Bonchev–Trinajstić information content (AvgIpc) is 2.85. The number of rotatable bonds is 2. The van der Waals surface area contributed by atoms with Gasteiger partial charge in [-0.2, -0.15) is 5.10 Å². The Morgan fingerprint density at radius 2 is 1.86 bits per heavy atom. The normalized spacial score (nSPS) is 21.3. The average molecular weight is 286 g/mol. The van der Waals surface area contributed by atoms with Crippen molar-refractivity contribution in [3.05, 3.63) is 36.5 Å². The molecule has 5 nitrogen and oxygen atoms in total. The van der Waals surface area contributed by atoms with Gasteiger partial charge in [-0.1, -0.05) is 0 Å². The van der Waals surface area contributed by atoms with Gasteiger partial charge >= 0.3 is 0 Å². The van der Waals surface area contributed by atoms with Gasteiger partial charge in [0.1, 0.15) is 0 Å². The van der Waals surface area contributed by atoms with Gasteiger partial charge in [-0.15, -0.1) is 0 Å². The molecule has 3 rings (SSSR count). The molecule has 0 unspecified atom stereocenters. The van der Waals surface area contributed by atoms with Crippen molar-refractivity contribution in [1.29, 1.82) is 0 Å². The van der Waals surface area contributed by atoms with Crippen LogP contribution >= 0.6 is 0 Å². The van der Waals surface area contributed by atoms with Gasteiger partial charge in [-0.05, 0) is 46.6 Å². The second-order valence-corrected chi connectivity index (χ2v) is 6.98. The van der Waals surface area contributed by atoms with Gasteiger partial charge in [-0.25, -0.2) is 9.67 Å². The van der Waals surface area contributed by atoms with Gasteiger partial charge in [0.2, 0.25) is 0 Å². The van der Waals surface area contributed by atoms with Crippen molar-refractivity contribution in [2.75, 3.05) is 0 Å². The van der Waals surface area contributed by atoms with Crippen molar-refractivity contribution in [3.8, 4) is 5.82 Å². The molecule has 3 heterocycles. The Hall–Kier alpha value is -1.75. The first kappa shape index (κ1) is 14.2. The molecule has 1 fully saturated rings. The summed E-state index contributed by atoms with van der Waals surface area (Å²) in [4.78, 5) is 8.36. The highest BCUT2D eigenvalue weighted by Gasteiger charge is 2.40. The van der Waals surface area contributed by atoms with E-state index in [1.165, 1.54) is 0 Å². The number of ether oxygens (including phenoxy) is 1.